The van der Waals surface area contributed by atoms with E-state index in [9.17, 15) is 14.4 Å². The van der Waals surface area contributed by atoms with Gasteiger partial charge in [0.05, 0.1) is 0 Å². The number of unbranched alkanes of at least 4 members (excludes halogenated alkanes) is 31. The number of carbonyl (C=O) groups is 3. The Morgan fingerprint density at radius 1 is 0.328 bits per heavy atom. The molecule has 0 radical (unpaired) electrons. The molecule has 1 atom stereocenters. The number of hydrogen-bond donors (Lipinski definition) is 0. The van der Waals surface area contributed by atoms with Gasteiger partial charge in [-0.3, -0.25) is 14.4 Å². The number of ether oxygens (including phenoxy) is 3. The Morgan fingerprint density at radius 2 is 0.569 bits per heavy atom. The van der Waals surface area contributed by atoms with E-state index in [0.717, 1.165) is 64.2 Å². The van der Waals surface area contributed by atoms with E-state index in [-0.39, 0.29) is 31.1 Å². The van der Waals surface area contributed by atoms with Gasteiger partial charge >= 0.3 is 17.9 Å². The highest BCUT2D eigenvalue weighted by Gasteiger charge is 2.19. The summed E-state index contributed by atoms with van der Waals surface area (Å²) in [5.74, 6) is -0.880. The van der Waals surface area contributed by atoms with Crippen LogP contribution in [0.1, 0.15) is 271 Å². The van der Waals surface area contributed by atoms with Crippen molar-refractivity contribution in [1.82, 2.24) is 0 Å². The third kappa shape index (κ3) is 45.0. The van der Waals surface area contributed by atoms with Gasteiger partial charge in [-0.2, -0.15) is 0 Å². The molecule has 0 aromatic rings. The average molecular weight is 817 g/mol. The van der Waals surface area contributed by atoms with Gasteiger partial charge in [0.2, 0.25) is 0 Å². The maximum atomic E-state index is 12.7. The first-order chi connectivity index (χ1) is 28.5. The molecule has 0 aliphatic carbocycles. The number of carbonyl (C=O) groups excluding carboxylic acids is 3. The van der Waals surface area contributed by atoms with Gasteiger partial charge in [0.25, 0.3) is 0 Å². The van der Waals surface area contributed by atoms with E-state index in [2.05, 4.69) is 45.1 Å². The molecule has 0 saturated carbocycles. The standard InChI is InChI=1S/C52H96O6/c1-4-7-10-13-16-19-21-23-24-25-26-27-28-29-31-33-36-39-42-45-51(54)57-48-49(47-56-50(53)44-41-38-35-32-18-15-12-9-6-3)58-52(55)46-43-40-37-34-30-22-20-17-14-11-8-5-2/h17,20,25-26,49H,4-16,18-19,21-24,27-48H2,1-3H3/b20-17-,26-25-/t49-/m1/s1. The molecule has 0 heterocycles. The molecule has 6 heteroatoms. The molecule has 0 N–H and O–H groups in total. The van der Waals surface area contributed by atoms with Crippen molar-refractivity contribution in [2.24, 2.45) is 0 Å². The summed E-state index contributed by atoms with van der Waals surface area (Å²) < 4.78 is 16.7. The number of esters is 3. The van der Waals surface area contributed by atoms with Crippen LogP contribution in [0.4, 0.5) is 0 Å². The van der Waals surface area contributed by atoms with Crippen LogP contribution < -0.4 is 0 Å². The summed E-state index contributed by atoms with van der Waals surface area (Å²) in [6.45, 7) is 6.60. The molecule has 0 fully saturated rings. The lowest BCUT2D eigenvalue weighted by atomic mass is 10.1. The van der Waals surface area contributed by atoms with Crippen LogP contribution in [0.5, 0.6) is 0 Å². The summed E-state index contributed by atoms with van der Waals surface area (Å²) in [7, 11) is 0. The van der Waals surface area contributed by atoms with Crippen molar-refractivity contribution in [3.8, 4) is 0 Å². The summed E-state index contributed by atoms with van der Waals surface area (Å²) in [6.07, 6.45) is 53.1. The van der Waals surface area contributed by atoms with E-state index in [1.165, 1.54) is 167 Å². The molecule has 0 unspecified atom stereocenters. The van der Waals surface area contributed by atoms with Crippen LogP contribution >= 0.6 is 0 Å². The number of hydrogen-bond acceptors (Lipinski definition) is 6. The fourth-order valence-electron chi connectivity index (χ4n) is 7.31. The topological polar surface area (TPSA) is 78.9 Å². The first kappa shape index (κ1) is 55.9. The van der Waals surface area contributed by atoms with Gasteiger partial charge < -0.3 is 14.2 Å². The largest absolute Gasteiger partial charge is 0.462 e. The van der Waals surface area contributed by atoms with Crippen molar-refractivity contribution in [2.75, 3.05) is 13.2 Å². The van der Waals surface area contributed by atoms with Crippen molar-refractivity contribution in [3.05, 3.63) is 24.3 Å². The molecule has 6 nitrogen and oxygen atoms in total. The highest BCUT2D eigenvalue weighted by molar-refractivity contribution is 5.71. The zero-order valence-corrected chi connectivity index (χ0v) is 38.8. The normalized spacial score (nSPS) is 12.1. The second-order valence-electron chi connectivity index (χ2n) is 17.1. The van der Waals surface area contributed by atoms with E-state index in [4.69, 9.17) is 14.2 Å². The molecule has 58 heavy (non-hydrogen) atoms. The zero-order valence-electron chi connectivity index (χ0n) is 38.8. The van der Waals surface area contributed by atoms with Crippen LogP contribution in [0, 0.1) is 0 Å². The van der Waals surface area contributed by atoms with Crippen LogP contribution in [0.25, 0.3) is 0 Å². The third-order valence-corrected chi connectivity index (χ3v) is 11.2. The average Bonchev–Trinajstić information content (AvgIpc) is 3.22. The predicted octanol–water partition coefficient (Wildman–Crippen LogP) is 16.4. The summed E-state index contributed by atoms with van der Waals surface area (Å²) in [5.41, 5.74) is 0. The molecule has 0 bridgehead atoms. The number of rotatable bonds is 46. The van der Waals surface area contributed by atoms with Crippen molar-refractivity contribution >= 4 is 17.9 Å². The highest BCUT2D eigenvalue weighted by atomic mass is 16.6. The van der Waals surface area contributed by atoms with E-state index in [0.29, 0.717) is 19.3 Å². The van der Waals surface area contributed by atoms with E-state index >= 15 is 0 Å². The van der Waals surface area contributed by atoms with Crippen molar-refractivity contribution < 1.29 is 28.6 Å². The Hall–Kier alpha value is -2.11. The molecule has 0 aromatic carbocycles. The Labute approximate surface area is 360 Å². The molecular weight excluding hydrogens is 721 g/mol. The quantitative estimate of drug-likeness (QED) is 0.0263. The zero-order chi connectivity index (χ0) is 42.3. The lowest BCUT2D eigenvalue weighted by Gasteiger charge is -2.18. The minimum Gasteiger partial charge on any atom is -0.462 e. The molecule has 0 amide bonds. The molecule has 0 aromatic heterocycles. The SMILES string of the molecule is CCCCC/C=C\CCCCCCCC(=O)O[C@@H](COC(=O)CCCCCCCCC/C=C\CCCCCCCCCC)COC(=O)CCCCCCCCCCC. The smallest absolute Gasteiger partial charge is 0.306 e. The first-order valence-corrected chi connectivity index (χ1v) is 25.3. The van der Waals surface area contributed by atoms with Gasteiger partial charge in [-0.05, 0) is 70.6 Å². The summed E-state index contributed by atoms with van der Waals surface area (Å²) in [4.78, 5) is 37.8. The van der Waals surface area contributed by atoms with Gasteiger partial charge in [0, 0.05) is 19.3 Å². The molecule has 340 valence electrons. The first-order valence-electron chi connectivity index (χ1n) is 25.3. The molecule has 0 aliphatic heterocycles. The van der Waals surface area contributed by atoms with Crippen LogP contribution in [0.2, 0.25) is 0 Å². The van der Waals surface area contributed by atoms with Crippen LogP contribution in [-0.2, 0) is 28.6 Å². The van der Waals surface area contributed by atoms with Gasteiger partial charge in [-0.25, -0.2) is 0 Å². The van der Waals surface area contributed by atoms with Crippen LogP contribution in [-0.4, -0.2) is 37.2 Å². The third-order valence-electron chi connectivity index (χ3n) is 11.2. The van der Waals surface area contributed by atoms with Crippen LogP contribution in [0.3, 0.4) is 0 Å². The van der Waals surface area contributed by atoms with Gasteiger partial charge in [-0.1, -0.05) is 206 Å². The van der Waals surface area contributed by atoms with Crippen molar-refractivity contribution in [2.45, 2.75) is 277 Å². The second-order valence-corrected chi connectivity index (χ2v) is 17.1. The van der Waals surface area contributed by atoms with E-state index in [1.54, 1.807) is 0 Å². The lowest BCUT2D eigenvalue weighted by molar-refractivity contribution is -0.167. The molecular formula is C52H96O6. The van der Waals surface area contributed by atoms with Crippen LogP contribution in [0.15, 0.2) is 24.3 Å². The molecule has 0 aliphatic rings. The minimum absolute atomic E-state index is 0.0731. The fraction of sp³-hybridized carbons (Fsp3) is 0.865. The monoisotopic (exact) mass is 817 g/mol. The summed E-state index contributed by atoms with van der Waals surface area (Å²) in [6, 6.07) is 0. The Kier molecular flexibility index (Phi) is 45.8. The molecule has 0 saturated heterocycles. The van der Waals surface area contributed by atoms with Gasteiger partial charge in [-0.15, -0.1) is 0 Å². The lowest BCUT2D eigenvalue weighted by Crippen LogP contribution is -2.30. The van der Waals surface area contributed by atoms with Gasteiger partial charge in [0.1, 0.15) is 13.2 Å². The maximum Gasteiger partial charge on any atom is 0.306 e. The Morgan fingerprint density at radius 3 is 0.897 bits per heavy atom. The Balaban J connectivity index is 4.26. The molecule has 0 rings (SSSR count). The molecule has 0 spiro atoms. The van der Waals surface area contributed by atoms with E-state index < -0.39 is 6.10 Å². The van der Waals surface area contributed by atoms with E-state index in [1.807, 2.05) is 0 Å². The minimum atomic E-state index is -0.771. The number of allylic oxidation sites excluding steroid dienone is 4. The van der Waals surface area contributed by atoms with Crippen molar-refractivity contribution in [3.63, 3.8) is 0 Å². The van der Waals surface area contributed by atoms with Gasteiger partial charge in [0.15, 0.2) is 6.10 Å². The second kappa shape index (κ2) is 47.6. The fourth-order valence-corrected chi connectivity index (χ4v) is 7.31. The Bertz CT molecular complexity index is 942. The highest BCUT2D eigenvalue weighted by Crippen LogP contribution is 2.15. The van der Waals surface area contributed by atoms with Crippen molar-refractivity contribution in [1.29, 1.82) is 0 Å². The predicted molar refractivity (Wildman–Crippen MR) is 247 cm³/mol. The summed E-state index contributed by atoms with van der Waals surface area (Å²) >= 11 is 0. The summed E-state index contributed by atoms with van der Waals surface area (Å²) in [5, 5.41) is 0. The maximum absolute atomic E-state index is 12.7.